The molecule has 0 saturated heterocycles. The minimum Gasteiger partial charge on any atom is -0.294 e. The molecule has 1 nitrogen and oxygen atoms in total. The third kappa shape index (κ3) is 3.27. The molecule has 0 aliphatic carbocycles. The summed E-state index contributed by atoms with van der Waals surface area (Å²) < 4.78 is 0. The standard InChI is InChI=1S/C15H16OS/c1-2-3-12-4-6-14(7-5-12)15(16)10-13-8-9-17-11-13/h4-9,11H,2-3,10H2,1H3. The minimum atomic E-state index is 0.200. The Morgan fingerprint density at radius 3 is 2.47 bits per heavy atom. The lowest BCUT2D eigenvalue weighted by atomic mass is 10.0. The van der Waals surface area contributed by atoms with Crippen molar-refractivity contribution in [3.05, 3.63) is 57.8 Å². The first-order valence-corrected chi connectivity index (χ1v) is 6.87. The van der Waals surface area contributed by atoms with Crippen molar-refractivity contribution >= 4 is 17.1 Å². The average Bonchev–Trinajstić information content (AvgIpc) is 2.83. The number of thiophene rings is 1. The van der Waals surface area contributed by atoms with Crippen molar-refractivity contribution in [2.75, 3.05) is 0 Å². The van der Waals surface area contributed by atoms with Gasteiger partial charge in [0.15, 0.2) is 5.78 Å². The van der Waals surface area contributed by atoms with Crippen LogP contribution in [-0.2, 0) is 12.8 Å². The van der Waals surface area contributed by atoms with Gasteiger partial charge in [0, 0.05) is 12.0 Å². The predicted molar refractivity (Wildman–Crippen MR) is 72.8 cm³/mol. The van der Waals surface area contributed by atoms with Crippen molar-refractivity contribution in [3.8, 4) is 0 Å². The lowest BCUT2D eigenvalue weighted by Crippen LogP contribution is -2.02. The van der Waals surface area contributed by atoms with Gasteiger partial charge in [-0.15, -0.1) is 0 Å². The van der Waals surface area contributed by atoms with Crippen molar-refractivity contribution < 1.29 is 4.79 Å². The first-order valence-electron chi connectivity index (χ1n) is 5.93. The third-order valence-corrected chi connectivity index (χ3v) is 3.49. The van der Waals surface area contributed by atoms with Crippen molar-refractivity contribution in [2.24, 2.45) is 0 Å². The lowest BCUT2D eigenvalue weighted by molar-refractivity contribution is 0.0993. The van der Waals surface area contributed by atoms with E-state index in [4.69, 9.17) is 0 Å². The second-order valence-corrected chi connectivity index (χ2v) is 4.96. The Hall–Kier alpha value is -1.41. The summed E-state index contributed by atoms with van der Waals surface area (Å²) in [6, 6.07) is 10.0. The normalized spacial score (nSPS) is 10.4. The van der Waals surface area contributed by atoms with Gasteiger partial charge in [0.2, 0.25) is 0 Å². The van der Waals surface area contributed by atoms with E-state index < -0.39 is 0 Å². The summed E-state index contributed by atoms with van der Waals surface area (Å²) in [7, 11) is 0. The monoisotopic (exact) mass is 244 g/mol. The van der Waals surface area contributed by atoms with Crippen LogP contribution in [0.4, 0.5) is 0 Å². The SMILES string of the molecule is CCCc1ccc(C(=O)Cc2ccsc2)cc1. The van der Waals surface area contributed by atoms with Crippen LogP contribution < -0.4 is 0 Å². The summed E-state index contributed by atoms with van der Waals surface area (Å²) in [5, 5.41) is 4.04. The molecule has 0 atom stereocenters. The van der Waals surface area contributed by atoms with Gasteiger partial charge in [-0.1, -0.05) is 37.6 Å². The second-order valence-electron chi connectivity index (χ2n) is 4.18. The number of ketones is 1. The summed E-state index contributed by atoms with van der Waals surface area (Å²) in [6.07, 6.45) is 2.73. The van der Waals surface area contributed by atoms with Crippen LogP contribution in [0.2, 0.25) is 0 Å². The van der Waals surface area contributed by atoms with E-state index in [9.17, 15) is 4.79 Å². The van der Waals surface area contributed by atoms with Crippen molar-refractivity contribution in [2.45, 2.75) is 26.2 Å². The second kappa shape index (κ2) is 5.78. The van der Waals surface area contributed by atoms with Crippen LogP contribution in [0.25, 0.3) is 0 Å². The van der Waals surface area contributed by atoms with Gasteiger partial charge >= 0.3 is 0 Å². The van der Waals surface area contributed by atoms with E-state index in [1.807, 2.05) is 29.0 Å². The van der Waals surface area contributed by atoms with E-state index in [0.717, 1.165) is 24.0 Å². The molecule has 0 fully saturated rings. The molecule has 0 saturated carbocycles. The largest absolute Gasteiger partial charge is 0.294 e. The molecule has 2 aromatic rings. The van der Waals surface area contributed by atoms with Crippen LogP contribution in [0, 0.1) is 0 Å². The Kier molecular flexibility index (Phi) is 4.10. The van der Waals surface area contributed by atoms with Gasteiger partial charge < -0.3 is 0 Å². The maximum Gasteiger partial charge on any atom is 0.167 e. The number of hydrogen-bond donors (Lipinski definition) is 0. The van der Waals surface area contributed by atoms with E-state index >= 15 is 0 Å². The van der Waals surface area contributed by atoms with Gasteiger partial charge in [-0.05, 0) is 34.4 Å². The fraction of sp³-hybridized carbons (Fsp3) is 0.267. The Labute approximate surface area is 106 Å². The van der Waals surface area contributed by atoms with Gasteiger partial charge in [0.1, 0.15) is 0 Å². The Balaban J connectivity index is 2.04. The van der Waals surface area contributed by atoms with Crippen LogP contribution in [-0.4, -0.2) is 5.78 Å². The zero-order chi connectivity index (χ0) is 12.1. The van der Waals surface area contributed by atoms with Crippen molar-refractivity contribution in [1.82, 2.24) is 0 Å². The molecule has 1 aromatic heterocycles. The molecule has 17 heavy (non-hydrogen) atoms. The van der Waals surface area contributed by atoms with E-state index in [1.165, 1.54) is 5.56 Å². The van der Waals surface area contributed by atoms with Gasteiger partial charge in [-0.25, -0.2) is 0 Å². The van der Waals surface area contributed by atoms with Crippen LogP contribution in [0.15, 0.2) is 41.1 Å². The first-order chi connectivity index (χ1) is 8.29. The molecule has 0 aliphatic heterocycles. The first kappa shape index (κ1) is 12.1. The molecule has 88 valence electrons. The van der Waals surface area contributed by atoms with E-state index in [1.54, 1.807) is 11.3 Å². The number of hydrogen-bond acceptors (Lipinski definition) is 2. The molecule has 2 rings (SSSR count). The number of rotatable bonds is 5. The third-order valence-electron chi connectivity index (χ3n) is 2.76. The summed E-state index contributed by atoms with van der Waals surface area (Å²) in [5.41, 5.74) is 3.23. The minimum absolute atomic E-state index is 0.200. The predicted octanol–water partition coefficient (Wildman–Crippen LogP) is 4.13. The van der Waals surface area contributed by atoms with E-state index in [0.29, 0.717) is 6.42 Å². The van der Waals surface area contributed by atoms with Crippen LogP contribution in [0.1, 0.15) is 34.8 Å². The molecular weight excluding hydrogens is 228 g/mol. The molecule has 0 radical (unpaired) electrons. The molecule has 0 unspecified atom stereocenters. The number of Topliss-reactive ketones (excluding diaryl/α,β-unsaturated/α-hetero) is 1. The summed E-state index contributed by atoms with van der Waals surface area (Å²) in [4.78, 5) is 12.0. The fourth-order valence-corrected chi connectivity index (χ4v) is 2.50. The van der Waals surface area contributed by atoms with Crippen LogP contribution in [0.3, 0.4) is 0 Å². The molecule has 2 heteroatoms. The number of aryl methyl sites for hydroxylation is 1. The molecular formula is C15H16OS. The Morgan fingerprint density at radius 2 is 1.88 bits per heavy atom. The summed E-state index contributed by atoms with van der Waals surface area (Å²) in [6.45, 7) is 2.16. The van der Waals surface area contributed by atoms with E-state index in [2.05, 4.69) is 19.1 Å². The summed E-state index contributed by atoms with van der Waals surface area (Å²) in [5.74, 6) is 0.200. The molecule has 0 amide bonds. The van der Waals surface area contributed by atoms with Crippen molar-refractivity contribution in [1.29, 1.82) is 0 Å². The van der Waals surface area contributed by atoms with Gasteiger partial charge in [0.25, 0.3) is 0 Å². The highest BCUT2D eigenvalue weighted by Crippen LogP contribution is 2.12. The van der Waals surface area contributed by atoms with Crippen LogP contribution >= 0.6 is 11.3 Å². The quantitative estimate of drug-likeness (QED) is 0.723. The lowest BCUT2D eigenvalue weighted by Gasteiger charge is -2.02. The van der Waals surface area contributed by atoms with Gasteiger partial charge in [0.05, 0.1) is 0 Å². The maximum absolute atomic E-state index is 12.0. The molecule has 1 heterocycles. The maximum atomic E-state index is 12.0. The Morgan fingerprint density at radius 1 is 1.12 bits per heavy atom. The van der Waals surface area contributed by atoms with Gasteiger partial charge in [-0.2, -0.15) is 11.3 Å². The zero-order valence-electron chi connectivity index (χ0n) is 9.98. The molecule has 0 bridgehead atoms. The topological polar surface area (TPSA) is 17.1 Å². The highest BCUT2D eigenvalue weighted by atomic mass is 32.1. The summed E-state index contributed by atoms with van der Waals surface area (Å²) >= 11 is 1.63. The van der Waals surface area contributed by atoms with Gasteiger partial charge in [-0.3, -0.25) is 4.79 Å². The average molecular weight is 244 g/mol. The Bertz CT molecular complexity index is 468. The molecule has 1 aromatic carbocycles. The zero-order valence-corrected chi connectivity index (χ0v) is 10.8. The molecule has 0 N–H and O–H groups in total. The highest BCUT2D eigenvalue weighted by Gasteiger charge is 2.07. The van der Waals surface area contributed by atoms with E-state index in [-0.39, 0.29) is 5.78 Å². The smallest absolute Gasteiger partial charge is 0.167 e. The fourth-order valence-electron chi connectivity index (χ4n) is 1.83. The van der Waals surface area contributed by atoms with Crippen LogP contribution in [0.5, 0.6) is 0 Å². The number of benzene rings is 1. The number of carbonyl (C=O) groups is 1. The molecule has 0 aliphatic rings. The molecule has 0 spiro atoms. The van der Waals surface area contributed by atoms with Crippen molar-refractivity contribution in [3.63, 3.8) is 0 Å². The number of carbonyl (C=O) groups excluding carboxylic acids is 1. The highest BCUT2D eigenvalue weighted by molar-refractivity contribution is 7.08.